The lowest BCUT2D eigenvalue weighted by Crippen LogP contribution is -2.35. The molecule has 1 amide bonds. The topological polar surface area (TPSA) is 86.5 Å². The summed E-state index contributed by atoms with van der Waals surface area (Å²) in [6, 6.07) is 0. The number of fused-ring (bicyclic) bond motifs is 1. The largest absolute Gasteiger partial charge is 0.467 e. The Bertz CT molecular complexity index is 677. The van der Waals surface area contributed by atoms with Crippen LogP contribution in [0.5, 0.6) is 5.88 Å². The molecule has 1 atom stereocenters. The Morgan fingerprint density at radius 3 is 3.09 bits per heavy atom. The van der Waals surface area contributed by atoms with Crippen molar-refractivity contribution < 1.29 is 18.7 Å². The van der Waals surface area contributed by atoms with E-state index in [4.69, 9.17) is 13.9 Å². The summed E-state index contributed by atoms with van der Waals surface area (Å²) in [5.74, 6) is 0.940. The molecule has 2 aromatic rings. The molecule has 1 saturated heterocycles. The maximum absolute atomic E-state index is 11.8. The van der Waals surface area contributed by atoms with Crippen LogP contribution < -0.4 is 10.1 Å². The molecule has 7 nitrogen and oxygen atoms in total. The number of ether oxygens (including phenoxy) is 2. The predicted octanol–water partition coefficient (Wildman–Crippen LogP) is 1.51. The van der Waals surface area contributed by atoms with Crippen molar-refractivity contribution in [2.24, 2.45) is 0 Å². The molecule has 3 rings (SSSR count). The third kappa shape index (κ3) is 3.04. The average Bonchev–Trinajstić information content (AvgIpc) is 3.12. The molecule has 0 aliphatic carbocycles. The monoisotopic (exact) mass is 305 g/mol. The fraction of sp³-hybridized carbons (Fsp3) is 0.533. The first-order valence-corrected chi connectivity index (χ1v) is 7.37. The SMILES string of the molecule is Cc1oc2ncnc(OCC(=O)NC[C@@H]3CCCO3)c2c1C. The van der Waals surface area contributed by atoms with E-state index in [9.17, 15) is 4.79 Å². The minimum atomic E-state index is -0.194. The Hall–Kier alpha value is -2.15. The van der Waals surface area contributed by atoms with E-state index in [1.165, 1.54) is 6.33 Å². The smallest absolute Gasteiger partial charge is 0.258 e. The maximum Gasteiger partial charge on any atom is 0.258 e. The lowest BCUT2D eigenvalue weighted by atomic mass is 10.2. The van der Waals surface area contributed by atoms with Crippen molar-refractivity contribution in [3.8, 4) is 5.88 Å². The van der Waals surface area contributed by atoms with Gasteiger partial charge in [-0.1, -0.05) is 0 Å². The van der Waals surface area contributed by atoms with Crippen molar-refractivity contribution in [3.05, 3.63) is 17.7 Å². The van der Waals surface area contributed by atoms with E-state index in [-0.39, 0.29) is 18.6 Å². The number of rotatable bonds is 5. The maximum atomic E-state index is 11.8. The molecule has 0 bridgehead atoms. The molecule has 1 fully saturated rings. The third-order valence-electron chi connectivity index (χ3n) is 3.82. The van der Waals surface area contributed by atoms with Crippen LogP contribution in [0.25, 0.3) is 11.1 Å². The zero-order valence-corrected chi connectivity index (χ0v) is 12.7. The van der Waals surface area contributed by atoms with Crippen molar-refractivity contribution in [1.82, 2.24) is 15.3 Å². The van der Waals surface area contributed by atoms with Crippen molar-refractivity contribution >= 4 is 17.0 Å². The van der Waals surface area contributed by atoms with Gasteiger partial charge in [0.15, 0.2) is 6.61 Å². The van der Waals surface area contributed by atoms with Crippen LogP contribution in [-0.2, 0) is 9.53 Å². The van der Waals surface area contributed by atoms with Gasteiger partial charge >= 0.3 is 0 Å². The third-order valence-corrected chi connectivity index (χ3v) is 3.82. The Labute approximate surface area is 128 Å². The molecule has 1 N–H and O–H groups in total. The lowest BCUT2D eigenvalue weighted by molar-refractivity contribution is -0.123. The molecule has 1 aliphatic heterocycles. The van der Waals surface area contributed by atoms with Crippen LogP contribution in [0.2, 0.25) is 0 Å². The summed E-state index contributed by atoms with van der Waals surface area (Å²) in [4.78, 5) is 20.0. The average molecular weight is 305 g/mol. The number of carbonyl (C=O) groups excluding carboxylic acids is 1. The molecule has 0 radical (unpaired) electrons. The highest BCUT2D eigenvalue weighted by molar-refractivity contribution is 5.84. The van der Waals surface area contributed by atoms with E-state index >= 15 is 0 Å². The molecule has 3 heterocycles. The van der Waals surface area contributed by atoms with Gasteiger partial charge in [-0.05, 0) is 26.7 Å². The van der Waals surface area contributed by atoms with Crippen LogP contribution in [-0.4, -0.2) is 41.7 Å². The molecular weight excluding hydrogens is 286 g/mol. The van der Waals surface area contributed by atoms with Gasteiger partial charge in [0.05, 0.1) is 6.10 Å². The highest BCUT2D eigenvalue weighted by atomic mass is 16.5. The van der Waals surface area contributed by atoms with E-state index in [1.807, 2.05) is 13.8 Å². The predicted molar refractivity (Wildman–Crippen MR) is 78.8 cm³/mol. The first-order chi connectivity index (χ1) is 10.6. The van der Waals surface area contributed by atoms with Crippen LogP contribution in [0.3, 0.4) is 0 Å². The molecule has 0 saturated carbocycles. The normalized spacial score (nSPS) is 17.8. The molecule has 1 aliphatic rings. The Morgan fingerprint density at radius 2 is 2.32 bits per heavy atom. The molecular formula is C15H19N3O4. The number of amides is 1. The second kappa shape index (κ2) is 6.31. The van der Waals surface area contributed by atoms with Crippen LogP contribution in [0.1, 0.15) is 24.2 Å². The van der Waals surface area contributed by atoms with Crippen molar-refractivity contribution in [2.75, 3.05) is 19.8 Å². The summed E-state index contributed by atoms with van der Waals surface area (Å²) in [5, 5.41) is 3.52. The molecule has 7 heteroatoms. The summed E-state index contributed by atoms with van der Waals surface area (Å²) in [7, 11) is 0. The Kier molecular flexibility index (Phi) is 4.24. The number of nitrogens with zero attached hydrogens (tertiary/aromatic N) is 2. The zero-order chi connectivity index (χ0) is 15.5. The first-order valence-electron chi connectivity index (χ1n) is 7.37. The quantitative estimate of drug-likeness (QED) is 0.901. The zero-order valence-electron chi connectivity index (χ0n) is 12.7. The van der Waals surface area contributed by atoms with Gasteiger partial charge in [-0.25, -0.2) is 9.97 Å². The van der Waals surface area contributed by atoms with Crippen molar-refractivity contribution in [3.63, 3.8) is 0 Å². The molecule has 0 aromatic carbocycles. The summed E-state index contributed by atoms with van der Waals surface area (Å²) in [6.45, 7) is 4.97. The minimum absolute atomic E-state index is 0.0947. The first kappa shape index (κ1) is 14.8. The Balaban J connectivity index is 1.60. The van der Waals surface area contributed by atoms with E-state index in [1.54, 1.807) is 0 Å². The number of aromatic nitrogens is 2. The molecule has 0 spiro atoms. The van der Waals surface area contributed by atoms with Gasteiger partial charge in [-0.15, -0.1) is 0 Å². The van der Waals surface area contributed by atoms with Gasteiger partial charge in [0.2, 0.25) is 11.6 Å². The molecule has 22 heavy (non-hydrogen) atoms. The number of furan rings is 1. The number of nitrogens with one attached hydrogen (secondary N) is 1. The van der Waals surface area contributed by atoms with Crippen LogP contribution in [0, 0.1) is 13.8 Å². The van der Waals surface area contributed by atoms with Gasteiger partial charge in [0.1, 0.15) is 17.5 Å². The summed E-state index contributed by atoms with van der Waals surface area (Å²) in [6.07, 6.45) is 3.52. The highest BCUT2D eigenvalue weighted by Gasteiger charge is 2.18. The molecule has 2 aromatic heterocycles. The summed E-state index contributed by atoms with van der Waals surface area (Å²) < 4.78 is 16.5. The lowest BCUT2D eigenvalue weighted by Gasteiger charge is -2.11. The van der Waals surface area contributed by atoms with Crippen LogP contribution >= 0.6 is 0 Å². The Morgan fingerprint density at radius 1 is 1.45 bits per heavy atom. The fourth-order valence-electron chi connectivity index (χ4n) is 2.48. The van der Waals surface area contributed by atoms with Gasteiger partial charge < -0.3 is 19.2 Å². The van der Waals surface area contributed by atoms with E-state index in [0.717, 1.165) is 30.8 Å². The summed E-state index contributed by atoms with van der Waals surface area (Å²) in [5.41, 5.74) is 1.39. The highest BCUT2D eigenvalue weighted by Crippen LogP contribution is 2.29. The fourth-order valence-corrected chi connectivity index (χ4v) is 2.48. The molecule has 118 valence electrons. The van der Waals surface area contributed by atoms with Gasteiger partial charge in [0.25, 0.3) is 5.91 Å². The van der Waals surface area contributed by atoms with E-state index in [2.05, 4.69) is 15.3 Å². The van der Waals surface area contributed by atoms with Gasteiger partial charge in [-0.3, -0.25) is 4.79 Å². The van der Waals surface area contributed by atoms with Crippen LogP contribution in [0.4, 0.5) is 0 Å². The number of carbonyl (C=O) groups is 1. The minimum Gasteiger partial charge on any atom is -0.467 e. The second-order valence-corrected chi connectivity index (χ2v) is 5.37. The van der Waals surface area contributed by atoms with Gasteiger partial charge in [-0.2, -0.15) is 0 Å². The number of hydrogen-bond acceptors (Lipinski definition) is 6. The van der Waals surface area contributed by atoms with Crippen molar-refractivity contribution in [1.29, 1.82) is 0 Å². The van der Waals surface area contributed by atoms with Crippen LogP contribution in [0.15, 0.2) is 10.7 Å². The number of hydrogen-bond donors (Lipinski definition) is 1. The van der Waals surface area contributed by atoms with E-state index in [0.29, 0.717) is 23.5 Å². The standard InChI is InChI=1S/C15H19N3O4/c1-9-10(2)22-15-13(9)14(17-8-18-15)21-7-12(19)16-6-11-4-3-5-20-11/h8,11H,3-7H2,1-2H3,(H,16,19)/t11-/m0/s1. The second-order valence-electron chi connectivity index (χ2n) is 5.37. The number of aryl methyl sites for hydroxylation is 2. The van der Waals surface area contributed by atoms with E-state index < -0.39 is 0 Å². The van der Waals surface area contributed by atoms with Gasteiger partial charge in [0, 0.05) is 18.7 Å². The summed E-state index contributed by atoms with van der Waals surface area (Å²) >= 11 is 0. The van der Waals surface area contributed by atoms with Crippen molar-refractivity contribution in [2.45, 2.75) is 32.8 Å². The molecule has 0 unspecified atom stereocenters.